The molecule has 5 atom stereocenters. The van der Waals surface area contributed by atoms with E-state index in [1.54, 1.807) is 0 Å². The van der Waals surface area contributed by atoms with Crippen LogP contribution in [-0.4, -0.2) is 29.3 Å². The molecule has 0 aromatic carbocycles. The fourth-order valence-corrected chi connectivity index (χ4v) is 6.58. The van der Waals surface area contributed by atoms with Crippen molar-refractivity contribution >= 4 is 7.92 Å². The van der Waals surface area contributed by atoms with Crippen LogP contribution in [0.3, 0.4) is 0 Å². The van der Waals surface area contributed by atoms with Crippen molar-refractivity contribution in [2.45, 2.75) is 82.4 Å². The fraction of sp³-hybridized carbons (Fsp3) is 1.00. The molecule has 0 saturated carbocycles. The zero-order valence-electron chi connectivity index (χ0n) is 12.6. The van der Waals surface area contributed by atoms with Gasteiger partial charge in [0.15, 0.2) is 11.3 Å². The molecule has 5 unspecified atom stereocenters. The van der Waals surface area contributed by atoms with Gasteiger partial charge in [0.05, 0.1) is 0 Å². The van der Waals surface area contributed by atoms with Crippen molar-refractivity contribution in [1.82, 2.24) is 0 Å². The summed E-state index contributed by atoms with van der Waals surface area (Å²) >= 11 is 0. The summed E-state index contributed by atoms with van der Waals surface area (Å²) in [5.41, 5.74) is -0.494. The molecule has 4 heterocycles. The van der Waals surface area contributed by atoms with Gasteiger partial charge in [-0.15, -0.1) is 0 Å². The molecule has 19 heavy (non-hydrogen) atoms. The highest BCUT2D eigenvalue weighted by atomic mass is 31.1. The smallest absolute Gasteiger partial charge is 0.288 e. The van der Waals surface area contributed by atoms with Gasteiger partial charge in [-0.25, -0.2) is 0 Å². The second-order valence-corrected chi connectivity index (χ2v) is 8.43. The molecule has 110 valence electrons. The molecule has 0 aromatic heterocycles. The molecular formula is C14H25O4P. The Morgan fingerprint density at radius 1 is 0.842 bits per heavy atom. The van der Waals surface area contributed by atoms with Gasteiger partial charge in [-0.3, -0.25) is 9.47 Å². The van der Waals surface area contributed by atoms with Gasteiger partial charge in [0, 0.05) is 19.3 Å². The van der Waals surface area contributed by atoms with Crippen LogP contribution in [0, 0.1) is 0 Å². The minimum Gasteiger partial charge on any atom is -0.316 e. The average molecular weight is 288 g/mol. The molecule has 0 radical (unpaired) electrons. The number of ether oxygens (including phenoxy) is 4. The SMILES string of the molecule is CCC12CC3(CC)OC(CC)(O1)OC(CC)(O2)P3C. The van der Waals surface area contributed by atoms with Crippen molar-refractivity contribution in [2.24, 2.45) is 0 Å². The molecule has 4 saturated heterocycles. The molecule has 0 spiro atoms. The lowest BCUT2D eigenvalue weighted by Gasteiger charge is -2.70. The molecule has 4 aliphatic rings. The first-order chi connectivity index (χ1) is 8.93. The fourth-order valence-electron chi connectivity index (χ4n) is 3.68. The highest BCUT2D eigenvalue weighted by Crippen LogP contribution is 2.76. The first-order valence-electron chi connectivity index (χ1n) is 7.48. The van der Waals surface area contributed by atoms with Crippen LogP contribution in [0.5, 0.6) is 0 Å². The molecule has 0 amide bonds. The normalized spacial score (nSPS) is 55.7. The second kappa shape index (κ2) is 4.14. The standard InChI is InChI=1S/C14H25O4P/c1-6-11-10-12(7-2)17-13(8-3,15-11)18-14(9-4,16-11)19(12)5/h6-10H2,1-5H3. The molecule has 0 aromatic rings. The van der Waals surface area contributed by atoms with E-state index in [0.29, 0.717) is 6.42 Å². The third-order valence-corrected chi connectivity index (χ3v) is 8.30. The van der Waals surface area contributed by atoms with Crippen molar-refractivity contribution in [3.05, 3.63) is 0 Å². The van der Waals surface area contributed by atoms with Crippen LogP contribution in [-0.2, 0) is 18.9 Å². The largest absolute Gasteiger partial charge is 0.316 e. The minimum atomic E-state index is -0.895. The van der Waals surface area contributed by atoms with E-state index < -0.39 is 25.2 Å². The van der Waals surface area contributed by atoms with Crippen LogP contribution in [0.1, 0.15) is 59.8 Å². The van der Waals surface area contributed by atoms with Gasteiger partial charge >= 0.3 is 0 Å². The van der Waals surface area contributed by atoms with Gasteiger partial charge in [0.1, 0.15) is 5.34 Å². The first kappa shape index (κ1) is 14.2. The van der Waals surface area contributed by atoms with Crippen LogP contribution >= 0.6 is 7.92 Å². The van der Waals surface area contributed by atoms with E-state index in [0.717, 1.165) is 25.7 Å². The van der Waals surface area contributed by atoms with Gasteiger partial charge in [-0.2, -0.15) is 0 Å². The maximum Gasteiger partial charge on any atom is 0.288 e. The van der Waals surface area contributed by atoms with Gasteiger partial charge in [-0.1, -0.05) is 27.7 Å². The highest BCUT2D eigenvalue weighted by Gasteiger charge is 2.74. The summed E-state index contributed by atoms with van der Waals surface area (Å²) < 4.78 is 25.1. The lowest BCUT2D eigenvalue weighted by Crippen LogP contribution is -2.75. The zero-order valence-corrected chi connectivity index (χ0v) is 13.5. The maximum atomic E-state index is 6.37. The Bertz CT molecular complexity index is 338. The third-order valence-electron chi connectivity index (χ3n) is 4.99. The van der Waals surface area contributed by atoms with Crippen LogP contribution in [0.2, 0.25) is 0 Å². The van der Waals surface area contributed by atoms with E-state index in [1.165, 1.54) is 0 Å². The van der Waals surface area contributed by atoms with Crippen molar-refractivity contribution in [3.8, 4) is 0 Å². The molecule has 4 aliphatic heterocycles. The van der Waals surface area contributed by atoms with Crippen molar-refractivity contribution in [3.63, 3.8) is 0 Å². The van der Waals surface area contributed by atoms with Crippen molar-refractivity contribution in [2.75, 3.05) is 6.66 Å². The summed E-state index contributed by atoms with van der Waals surface area (Å²) in [5, 5.41) is -0.119. The first-order valence-corrected chi connectivity index (χ1v) is 9.27. The Labute approximate surface area is 116 Å². The summed E-state index contributed by atoms with van der Waals surface area (Å²) in [7, 11) is -0.516. The Hall–Kier alpha value is 0.270. The summed E-state index contributed by atoms with van der Waals surface area (Å²) in [5.74, 6) is -1.42. The predicted molar refractivity (Wildman–Crippen MR) is 73.9 cm³/mol. The zero-order chi connectivity index (χ0) is 13.9. The van der Waals surface area contributed by atoms with Gasteiger partial charge in [-0.05, 0) is 27.4 Å². The summed E-state index contributed by atoms with van der Waals surface area (Å²) in [6, 6.07) is 0. The molecule has 4 bridgehead atoms. The summed E-state index contributed by atoms with van der Waals surface area (Å²) in [6.07, 6.45) is 4.23. The highest BCUT2D eigenvalue weighted by molar-refractivity contribution is 7.59. The van der Waals surface area contributed by atoms with Crippen LogP contribution in [0.25, 0.3) is 0 Å². The average Bonchev–Trinajstić information content (AvgIpc) is 2.44. The summed E-state index contributed by atoms with van der Waals surface area (Å²) in [4.78, 5) is 0. The molecule has 0 aliphatic carbocycles. The quantitative estimate of drug-likeness (QED) is 0.734. The number of hydrogen-bond acceptors (Lipinski definition) is 4. The Balaban J connectivity index is 2.12. The van der Waals surface area contributed by atoms with E-state index in [4.69, 9.17) is 18.9 Å². The Kier molecular flexibility index (Phi) is 3.10. The van der Waals surface area contributed by atoms with Crippen LogP contribution in [0.4, 0.5) is 0 Å². The van der Waals surface area contributed by atoms with Crippen molar-refractivity contribution < 1.29 is 18.9 Å². The van der Waals surface area contributed by atoms with Crippen molar-refractivity contribution in [1.29, 1.82) is 0 Å². The molecule has 4 nitrogen and oxygen atoms in total. The topological polar surface area (TPSA) is 36.9 Å². The lowest BCUT2D eigenvalue weighted by molar-refractivity contribution is -0.595. The molecular weight excluding hydrogens is 263 g/mol. The number of rotatable bonds is 4. The monoisotopic (exact) mass is 288 g/mol. The van der Waals surface area contributed by atoms with E-state index in [-0.39, 0.29) is 5.34 Å². The van der Waals surface area contributed by atoms with E-state index in [2.05, 4.69) is 34.4 Å². The Morgan fingerprint density at radius 2 is 1.58 bits per heavy atom. The van der Waals surface area contributed by atoms with Crippen LogP contribution < -0.4 is 0 Å². The van der Waals surface area contributed by atoms with E-state index >= 15 is 0 Å². The molecule has 4 fully saturated rings. The summed E-state index contributed by atoms with van der Waals surface area (Å²) in [6.45, 7) is 10.8. The van der Waals surface area contributed by atoms with Gasteiger partial charge in [0.25, 0.3) is 5.97 Å². The molecule has 4 rings (SSSR count). The van der Waals surface area contributed by atoms with Crippen LogP contribution in [0.15, 0.2) is 0 Å². The van der Waals surface area contributed by atoms with Gasteiger partial charge < -0.3 is 9.47 Å². The minimum absolute atomic E-state index is 0.119. The molecule has 5 heteroatoms. The second-order valence-electron chi connectivity index (χ2n) is 5.81. The van der Waals surface area contributed by atoms with E-state index in [9.17, 15) is 0 Å². The Morgan fingerprint density at radius 3 is 2.11 bits per heavy atom. The van der Waals surface area contributed by atoms with Gasteiger partial charge in [0.2, 0.25) is 0 Å². The predicted octanol–water partition coefficient (Wildman–Crippen LogP) is 3.94. The third kappa shape index (κ3) is 1.64. The molecule has 0 N–H and O–H groups in total. The maximum absolute atomic E-state index is 6.37. The lowest BCUT2D eigenvalue weighted by atomic mass is 9.99. The van der Waals surface area contributed by atoms with E-state index in [1.807, 2.05) is 0 Å². The number of hydrogen-bond donors (Lipinski definition) is 0.